The molecule has 2 aromatic rings. The average molecular weight is 431 g/mol. The van der Waals surface area contributed by atoms with E-state index in [-0.39, 0.29) is 28.8 Å². The number of fused-ring (bicyclic) bond motifs is 4. The Labute approximate surface area is 177 Å². The first-order valence-electron chi connectivity index (χ1n) is 10.2. The number of pyridine rings is 1. The second-order valence-corrected chi connectivity index (χ2v) is 8.41. The molecule has 2 N–H and O–H groups in total. The van der Waals surface area contributed by atoms with Crippen molar-refractivity contribution >= 4 is 11.8 Å². The number of benzene rings is 1. The Morgan fingerprint density at radius 2 is 1.87 bits per heavy atom. The first-order valence-corrected chi connectivity index (χ1v) is 10.2. The van der Waals surface area contributed by atoms with E-state index >= 15 is 0 Å². The Hall–Kier alpha value is -3.23. The van der Waals surface area contributed by atoms with Crippen LogP contribution in [0, 0.1) is 24.5 Å². The molecule has 0 unspecified atom stereocenters. The molecular formula is C22H23F2N3O4. The summed E-state index contributed by atoms with van der Waals surface area (Å²) in [4.78, 5) is 39.7. The number of nitrogens with zero attached hydrogens (tertiary/aromatic N) is 2. The Kier molecular flexibility index (Phi) is 5.28. The number of aromatic nitrogens is 1. The molecule has 2 aliphatic heterocycles. The molecule has 3 heterocycles. The minimum atomic E-state index is -0.991. The molecule has 0 radical (unpaired) electrons. The maximum atomic E-state index is 14.0. The summed E-state index contributed by atoms with van der Waals surface area (Å²) in [7, 11) is 0. The molecule has 2 amide bonds. The predicted molar refractivity (Wildman–Crippen MR) is 108 cm³/mol. The Morgan fingerprint density at radius 3 is 2.55 bits per heavy atom. The number of aryl methyl sites for hydroxylation is 1. The lowest BCUT2D eigenvalue weighted by Crippen LogP contribution is -2.45. The fraction of sp³-hybridized carbons (Fsp3) is 0.409. The molecule has 0 aliphatic carbocycles. The van der Waals surface area contributed by atoms with E-state index < -0.39 is 41.2 Å². The summed E-state index contributed by atoms with van der Waals surface area (Å²) in [5.74, 6) is -3.45. The molecule has 1 saturated heterocycles. The lowest BCUT2D eigenvalue weighted by Gasteiger charge is -2.34. The van der Waals surface area contributed by atoms with Gasteiger partial charge < -0.3 is 19.9 Å². The molecule has 2 bridgehead atoms. The van der Waals surface area contributed by atoms with Gasteiger partial charge in [0.05, 0.1) is 6.04 Å². The zero-order valence-electron chi connectivity index (χ0n) is 17.2. The van der Waals surface area contributed by atoms with Crippen molar-refractivity contribution in [2.45, 2.75) is 39.3 Å². The standard InChI is InChI=1S/C22H23F2N3O4/c1-11-3-4-13-9-26(8-11)22(31)18-20(29)19(28)15(10-27(13)18)21(30)25-7-14-16(23)5-12(2)6-17(14)24/h5-6,10-11,13,29H,3-4,7-9H2,1-2H3,(H,25,30)/t11-,13+/m1/s1. The van der Waals surface area contributed by atoms with Crippen molar-refractivity contribution in [3.05, 3.63) is 62.6 Å². The second-order valence-electron chi connectivity index (χ2n) is 8.41. The minimum Gasteiger partial charge on any atom is -0.503 e. The quantitative estimate of drug-likeness (QED) is 0.781. The van der Waals surface area contributed by atoms with Gasteiger partial charge in [-0.05, 0) is 43.4 Å². The molecular weight excluding hydrogens is 408 g/mol. The lowest BCUT2D eigenvalue weighted by atomic mass is 10.0. The number of nitrogens with one attached hydrogen (secondary N) is 1. The molecule has 9 heteroatoms. The number of carbonyl (C=O) groups is 2. The summed E-state index contributed by atoms with van der Waals surface area (Å²) >= 11 is 0. The molecule has 1 aromatic carbocycles. The van der Waals surface area contributed by atoms with Crippen LogP contribution in [-0.4, -0.2) is 39.5 Å². The highest BCUT2D eigenvalue weighted by atomic mass is 19.1. The number of rotatable bonds is 3. The van der Waals surface area contributed by atoms with Gasteiger partial charge >= 0.3 is 0 Å². The van der Waals surface area contributed by atoms with Crippen molar-refractivity contribution in [2.75, 3.05) is 13.1 Å². The fourth-order valence-corrected chi connectivity index (χ4v) is 4.35. The lowest BCUT2D eigenvalue weighted by molar-refractivity contribution is 0.0662. The Morgan fingerprint density at radius 1 is 1.19 bits per heavy atom. The summed E-state index contributed by atoms with van der Waals surface area (Å²) in [6.45, 7) is 4.08. The first kappa shape index (κ1) is 21.0. The maximum absolute atomic E-state index is 14.0. The smallest absolute Gasteiger partial charge is 0.274 e. The summed E-state index contributed by atoms with van der Waals surface area (Å²) in [5, 5.41) is 12.8. The molecule has 31 heavy (non-hydrogen) atoms. The van der Waals surface area contributed by atoms with E-state index in [4.69, 9.17) is 0 Å². The highest BCUT2D eigenvalue weighted by Gasteiger charge is 2.37. The van der Waals surface area contributed by atoms with Gasteiger partial charge in [-0.2, -0.15) is 0 Å². The van der Waals surface area contributed by atoms with Gasteiger partial charge in [-0.3, -0.25) is 14.4 Å². The third-order valence-electron chi connectivity index (χ3n) is 6.01. The van der Waals surface area contributed by atoms with E-state index in [2.05, 4.69) is 5.32 Å². The van der Waals surface area contributed by atoms with Crippen LogP contribution in [-0.2, 0) is 6.54 Å². The van der Waals surface area contributed by atoms with Gasteiger partial charge in [-0.15, -0.1) is 0 Å². The zero-order chi connectivity index (χ0) is 22.4. The van der Waals surface area contributed by atoms with Crippen molar-refractivity contribution < 1.29 is 23.5 Å². The van der Waals surface area contributed by atoms with Crippen LogP contribution in [0.4, 0.5) is 8.78 Å². The Bertz CT molecular complexity index is 1120. The van der Waals surface area contributed by atoms with Gasteiger partial charge in [0.1, 0.15) is 17.2 Å². The van der Waals surface area contributed by atoms with E-state index in [1.807, 2.05) is 6.92 Å². The number of aromatic hydroxyl groups is 1. The van der Waals surface area contributed by atoms with Crippen molar-refractivity contribution in [1.29, 1.82) is 0 Å². The van der Waals surface area contributed by atoms with E-state index in [0.717, 1.165) is 25.0 Å². The SMILES string of the molecule is Cc1cc(F)c(CNC(=O)c2cn3c(c(O)c2=O)C(=O)N2C[C@H](C)CC[C@H]3C2)c(F)c1. The maximum Gasteiger partial charge on any atom is 0.274 e. The summed E-state index contributed by atoms with van der Waals surface area (Å²) in [6.07, 6.45) is 2.85. The van der Waals surface area contributed by atoms with Crippen LogP contribution >= 0.6 is 0 Å². The third kappa shape index (κ3) is 3.68. The van der Waals surface area contributed by atoms with Crippen molar-refractivity contribution in [3.63, 3.8) is 0 Å². The summed E-state index contributed by atoms with van der Waals surface area (Å²) in [5.41, 5.74) is -1.42. The van der Waals surface area contributed by atoms with Gasteiger partial charge in [-0.1, -0.05) is 6.92 Å². The van der Waals surface area contributed by atoms with Crippen LogP contribution in [0.15, 0.2) is 23.1 Å². The minimum absolute atomic E-state index is 0.123. The average Bonchev–Trinajstić information content (AvgIpc) is 2.87. The summed E-state index contributed by atoms with van der Waals surface area (Å²) in [6, 6.07) is 2.12. The van der Waals surface area contributed by atoms with E-state index in [1.54, 1.807) is 11.8 Å². The van der Waals surface area contributed by atoms with Crippen LogP contribution in [0.1, 0.15) is 57.8 Å². The normalized spacial score (nSPS) is 20.3. The van der Waals surface area contributed by atoms with Crippen molar-refractivity contribution in [2.24, 2.45) is 5.92 Å². The fourth-order valence-electron chi connectivity index (χ4n) is 4.35. The molecule has 1 aromatic heterocycles. The number of amides is 2. The van der Waals surface area contributed by atoms with Crippen LogP contribution in [0.3, 0.4) is 0 Å². The molecule has 2 aliphatic rings. The number of carbonyl (C=O) groups excluding carboxylic acids is 2. The zero-order valence-corrected chi connectivity index (χ0v) is 17.2. The van der Waals surface area contributed by atoms with Gasteiger partial charge in [0, 0.05) is 31.4 Å². The van der Waals surface area contributed by atoms with E-state index in [9.17, 15) is 28.3 Å². The highest BCUT2D eigenvalue weighted by Crippen LogP contribution is 2.33. The van der Waals surface area contributed by atoms with Crippen molar-refractivity contribution in [1.82, 2.24) is 14.8 Å². The molecule has 1 fully saturated rings. The topological polar surface area (TPSA) is 91.6 Å². The highest BCUT2D eigenvalue weighted by molar-refractivity contribution is 5.99. The third-order valence-corrected chi connectivity index (χ3v) is 6.01. The van der Waals surface area contributed by atoms with Crippen molar-refractivity contribution in [3.8, 4) is 5.75 Å². The second kappa shape index (κ2) is 7.79. The van der Waals surface area contributed by atoms with Crippen LogP contribution in [0.2, 0.25) is 0 Å². The molecule has 0 spiro atoms. The van der Waals surface area contributed by atoms with Crippen LogP contribution < -0.4 is 10.7 Å². The molecule has 164 valence electrons. The molecule has 0 saturated carbocycles. The molecule has 4 rings (SSSR count). The van der Waals surface area contributed by atoms with E-state index in [0.29, 0.717) is 18.7 Å². The van der Waals surface area contributed by atoms with Gasteiger partial charge in [0.15, 0.2) is 11.4 Å². The van der Waals surface area contributed by atoms with Gasteiger partial charge in [0.2, 0.25) is 5.43 Å². The number of hydrogen-bond donors (Lipinski definition) is 2. The molecule has 7 nitrogen and oxygen atoms in total. The number of hydrogen-bond acceptors (Lipinski definition) is 4. The van der Waals surface area contributed by atoms with E-state index in [1.165, 1.54) is 10.8 Å². The van der Waals surface area contributed by atoms with Gasteiger partial charge in [-0.25, -0.2) is 8.78 Å². The Balaban J connectivity index is 1.67. The first-order chi connectivity index (χ1) is 14.7. The van der Waals surface area contributed by atoms with Crippen LogP contribution in [0.25, 0.3) is 0 Å². The van der Waals surface area contributed by atoms with Gasteiger partial charge in [0.25, 0.3) is 11.8 Å². The predicted octanol–water partition coefficient (Wildman–Crippen LogP) is 2.50. The molecule has 2 atom stereocenters. The number of halogens is 2. The summed E-state index contributed by atoms with van der Waals surface area (Å²) < 4.78 is 29.6. The van der Waals surface area contributed by atoms with Crippen LogP contribution in [0.5, 0.6) is 5.75 Å². The largest absolute Gasteiger partial charge is 0.503 e. The monoisotopic (exact) mass is 431 g/mol.